The molecule has 1 aliphatic rings. The fourth-order valence-corrected chi connectivity index (χ4v) is 6.69. The van der Waals surface area contributed by atoms with Gasteiger partial charge in [0.05, 0.1) is 18.9 Å². The van der Waals surface area contributed by atoms with Gasteiger partial charge in [-0.1, -0.05) is 91.3 Å². The van der Waals surface area contributed by atoms with E-state index in [0.29, 0.717) is 13.1 Å². The van der Waals surface area contributed by atoms with Crippen LogP contribution in [0.1, 0.15) is 67.7 Å². The van der Waals surface area contributed by atoms with Crippen LogP contribution in [-0.2, 0) is 20.6 Å². The third-order valence-electron chi connectivity index (χ3n) is 9.55. The molecule has 1 heterocycles. The number of fused-ring (bicyclic) bond motifs is 3. The highest BCUT2D eigenvalue weighted by molar-refractivity contribution is 6.30. The minimum Gasteiger partial charge on any atom is -0.448 e. The number of amides is 3. The number of nitrogens with one attached hydrogen (secondary N) is 3. The molecule has 12 heteroatoms. The Morgan fingerprint density at radius 1 is 0.831 bits per heavy atom. The van der Waals surface area contributed by atoms with E-state index < -0.39 is 23.7 Å². The standard InChI is InChI=1S/C40H46N4O6.C7H8ClN/c1-6-27-13-12-14-28(23-27)29-24-35(43-38(46)50-40(3,4)5)36(42-25-29)37(45)41-19-21-48-22-20-44(7-2)39(47)49-26-34-32-17-10-8-15-30(32)31-16-9-11-18-33(31)34;1-9-7-4-2-6(8)3-5-7/h8-18,23-25,34H,6-7,19-22,26H2,1-5H3,(H,41,45)(H,43,46);2-5,9H,1H3. The van der Waals surface area contributed by atoms with Gasteiger partial charge < -0.3 is 29.7 Å². The Morgan fingerprint density at radius 3 is 2.14 bits per heavy atom. The van der Waals surface area contributed by atoms with Crippen molar-refractivity contribution in [2.24, 2.45) is 0 Å². The zero-order chi connectivity index (χ0) is 42.4. The Bertz CT molecular complexity index is 2140. The van der Waals surface area contributed by atoms with Crippen molar-refractivity contribution in [3.63, 3.8) is 0 Å². The highest BCUT2D eigenvalue weighted by atomic mass is 35.5. The van der Waals surface area contributed by atoms with Crippen LogP contribution in [0.15, 0.2) is 109 Å². The lowest BCUT2D eigenvalue weighted by Crippen LogP contribution is -2.36. The van der Waals surface area contributed by atoms with Crippen molar-refractivity contribution >= 4 is 41.1 Å². The molecule has 0 spiro atoms. The Labute approximate surface area is 352 Å². The summed E-state index contributed by atoms with van der Waals surface area (Å²) in [4.78, 5) is 44.9. The number of nitrogens with zero attached hydrogens (tertiary/aromatic N) is 2. The summed E-state index contributed by atoms with van der Waals surface area (Å²) in [5, 5.41) is 9.27. The van der Waals surface area contributed by atoms with Crippen LogP contribution in [0.25, 0.3) is 22.3 Å². The Kier molecular flexibility index (Phi) is 15.9. The second-order valence-corrected chi connectivity index (χ2v) is 15.2. The number of pyridine rings is 1. The Balaban J connectivity index is 0.000000649. The number of aromatic nitrogens is 1. The summed E-state index contributed by atoms with van der Waals surface area (Å²) in [6, 6.07) is 33.8. The molecule has 59 heavy (non-hydrogen) atoms. The molecule has 0 unspecified atom stereocenters. The molecule has 4 aromatic carbocycles. The van der Waals surface area contributed by atoms with Gasteiger partial charge in [-0.15, -0.1) is 0 Å². The molecular weight excluding hydrogens is 766 g/mol. The zero-order valence-corrected chi connectivity index (χ0v) is 35.4. The largest absolute Gasteiger partial charge is 0.448 e. The average molecular weight is 820 g/mol. The van der Waals surface area contributed by atoms with E-state index in [2.05, 4.69) is 58.2 Å². The average Bonchev–Trinajstić information content (AvgIpc) is 3.55. The minimum absolute atomic E-state index is 0.0114. The smallest absolute Gasteiger partial charge is 0.412 e. The van der Waals surface area contributed by atoms with E-state index in [4.69, 9.17) is 25.8 Å². The van der Waals surface area contributed by atoms with Crippen LogP contribution in [0.4, 0.5) is 21.0 Å². The van der Waals surface area contributed by atoms with Crippen molar-refractivity contribution in [3.05, 3.63) is 137 Å². The molecule has 0 aliphatic heterocycles. The molecule has 1 aliphatic carbocycles. The maximum Gasteiger partial charge on any atom is 0.412 e. The molecule has 5 aromatic rings. The van der Waals surface area contributed by atoms with Gasteiger partial charge in [0, 0.05) is 55.1 Å². The molecule has 6 rings (SSSR count). The van der Waals surface area contributed by atoms with Crippen LogP contribution in [0.2, 0.25) is 5.02 Å². The number of halogens is 1. The van der Waals surface area contributed by atoms with Gasteiger partial charge in [-0.3, -0.25) is 10.1 Å². The zero-order valence-electron chi connectivity index (χ0n) is 34.6. The molecule has 0 saturated heterocycles. The third kappa shape index (κ3) is 12.5. The topological polar surface area (TPSA) is 131 Å². The van der Waals surface area contributed by atoms with E-state index in [0.717, 1.165) is 44.9 Å². The third-order valence-corrected chi connectivity index (χ3v) is 9.81. The number of carbonyl (C=O) groups is 3. The van der Waals surface area contributed by atoms with E-state index in [9.17, 15) is 14.4 Å². The van der Waals surface area contributed by atoms with Gasteiger partial charge in [0.15, 0.2) is 5.69 Å². The number of carbonyl (C=O) groups excluding carboxylic acids is 3. The normalized spacial score (nSPS) is 11.6. The molecule has 11 nitrogen and oxygen atoms in total. The second-order valence-electron chi connectivity index (χ2n) is 14.8. The van der Waals surface area contributed by atoms with Crippen LogP contribution >= 0.6 is 11.6 Å². The lowest BCUT2D eigenvalue weighted by atomic mass is 9.98. The van der Waals surface area contributed by atoms with Crippen LogP contribution in [0, 0.1) is 0 Å². The highest BCUT2D eigenvalue weighted by Gasteiger charge is 2.29. The maximum atomic E-state index is 13.2. The first-order valence-corrected chi connectivity index (χ1v) is 20.3. The fraction of sp³-hybridized carbons (Fsp3) is 0.319. The maximum absolute atomic E-state index is 13.2. The number of rotatable bonds is 14. The van der Waals surface area contributed by atoms with Crippen molar-refractivity contribution < 1.29 is 28.6 Å². The molecule has 0 bridgehead atoms. The van der Waals surface area contributed by atoms with E-state index in [1.165, 1.54) is 11.1 Å². The monoisotopic (exact) mass is 819 g/mol. The first kappa shape index (κ1) is 44.2. The predicted octanol–water partition coefficient (Wildman–Crippen LogP) is 10.1. The number of anilines is 2. The van der Waals surface area contributed by atoms with E-state index in [1.54, 1.807) is 37.9 Å². The molecule has 1 aromatic heterocycles. The summed E-state index contributed by atoms with van der Waals surface area (Å²) in [7, 11) is 1.88. The number of benzene rings is 4. The fourth-order valence-electron chi connectivity index (χ4n) is 6.56. The van der Waals surface area contributed by atoms with E-state index >= 15 is 0 Å². The van der Waals surface area contributed by atoms with Crippen molar-refractivity contribution in [3.8, 4) is 22.3 Å². The van der Waals surface area contributed by atoms with Crippen molar-refractivity contribution in [1.82, 2.24) is 15.2 Å². The van der Waals surface area contributed by atoms with Gasteiger partial charge in [-0.05, 0) is 97.8 Å². The van der Waals surface area contributed by atoms with E-state index in [-0.39, 0.29) is 43.7 Å². The van der Waals surface area contributed by atoms with Gasteiger partial charge in [0.1, 0.15) is 12.2 Å². The summed E-state index contributed by atoms with van der Waals surface area (Å²) in [5.41, 5.74) is 8.17. The Hall–Kier alpha value is -5.91. The lowest BCUT2D eigenvalue weighted by molar-refractivity contribution is 0.0635. The van der Waals surface area contributed by atoms with Gasteiger partial charge in [-0.2, -0.15) is 0 Å². The van der Waals surface area contributed by atoms with Crippen molar-refractivity contribution in [2.75, 3.05) is 57.1 Å². The minimum atomic E-state index is -0.719. The summed E-state index contributed by atoms with van der Waals surface area (Å²) in [5.74, 6) is -0.481. The molecule has 0 atom stereocenters. The SMILES string of the molecule is CCc1cccc(-c2cnc(C(=O)NCCOCCN(CC)C(=O)OCC3c4ccccc4-c4ccccc43)c(NC(=O)OC(C)(C)C)c2)c1.CNc1ccc(Cl)cc1. The molecule has 3 amide bonds. The molecule has 0 radical (unpaired) electrons. The van der Waals surface area contributed by atoms with Gasteiger partial charge in [0.25, 0.3) is 5.91 Å². The lowest BCUT2D eigenvalue weighted by Gasteiger charge is -2.22. The molecule has 310 valence electrons. The second kappa shape index (κ2) is 21.2. The van der Waals surface area contributed by atoms with E-state index in [1.807, 2.05) is 80.7 Å². The molecule has 3 N–H and O–H groups in total. The first-order valence-electron chi connectivity index (χ1n) is 19.9. The molecular formula is C47H54ClN5O6. The number of aryl methyl sites for hydroxylation is 1. The van der Waals surface area contributed by atoms with Crippen molar-refractivity contribution in [2.45, 2.75) is 52.6 Å². The van der Waals surface area contributed by atoms with Gasteiger partial charge in [-0.25, -0.2) is 14.6 Å². The number of likely N-dealkylation sites (N-methyl/N-ethyl adjacent to an activating group) is 1. The highest BCUT2D eigenvalue weighted by Crippen LogP contribution is 2.44. The van der Waals surface area contributed by atoms with Crippen LogP contribution in [0.3, 0.4) is 0 Å². The summed E-state index contributed by atoms with van der Waals surface area (Å²) in [6.07, 6.45) is 1.40. The van der Waals surface area contributed by atoms with Crippen LogP contribution < -0.4 is 16.0 Å². The number of hydrogen-bond donors (Lipinski definition) is 3. The Morgan fingerprint density at radius 2 is 1.51 bits per heavy atom. The summed E-state index contributed by atoms with van der Waals surface area (Å²) in [6.45, 7) is 11.0. The van der Waals surface area contributed by atoms with Gasteiger partial charge >= 0.3 is 12.2 Å². The predicted molar refractivity (Wildman–Crippen MR) is 235 cm³/mol. The number of ether oxygens (including phenoxy) is 3. The van der Waals surface area contributed by atoms with Crippen LogP contribution in [-0.4, -0.2) is 80.1 Å². The summed E-state index contributed by atoms with van der Waals surface area (Å²) < 4.78 is 17.0. The molecule has 0 fully saturated rings. The van der Waals surface area contributed by atoms with Crippen LogP contribution in [0.5, 0.6) is 0 Å². The quantitative estimate of drug-likeness (QED) is 0.0944. The summed E-state index contributed by atoms with van der Waals surface area (Å²) >= 11 is 5.64. The number of hydrogen-bond acceptors (Lipinski definition) is 8. The van der Waals surface area contributed by atoms with Crippen molar-refractivity contribution in [1.29, 1.82) is 0 Å². The van der Waals surface area contributed by atoms with Gasteiger partial charge in [0.2, 0.25) is 0 Å². The molecule has 0 saturated carbocycles. The first-order chi connectivity index (χ1) is 28.4.